The van der Waals surface area contributed by atoms with Crippen LogP contribution in [0.4, 0.5) is 11.4 Å². The zero-order valence-corrected chi connectivity index (χ0v) is 18.4. The van der Waals surface area contributed by atoms with Crippen LogP contribution in [0.3, 0.4) is 0 Å². The highest BCUT2D eigenvalue weighted by Gasteiger charge is 2.44. The van der Waals surface area contributed by atoms with Gasteiger partial charge in [-0.15, -0.1) is 17.9 Å². The molecule has 0 radical (unpaired) electrons. The van der Waals surface area contributed by atoms with Crippen LogP contribution in [0.15, 0.2) is 48.4 Å². The average Bonchev–Trinajstić information content (AvgIpc) is 3.41. The average molecular weight is 425 g/mol. The zero-order valence-electron chi connectivity index (χ0n) is 17.6. The van der Waals surface area contributed by atoms with Crippen molar-refractivity contribution in [1.82, 2.24) is 0 Å². The Morgan fingerprint density at radius 2 is 2.07 bits per heavy atom. The molecule has 0 unspecified atom stereocenters. The topological polar surface area (TPSA) is 58.6 Å². The molecular formula is C24H28N2O3S. The van der Waals surface area contributed by atoms with Gasteiger partial charge < -0.3 is 15.0 Å². The fraction of sp³-hybridized carbons (Fsp3) is 0.417. The summed E-state index contributed by atoms with van der Waals surface area (Å²) in [5.74, 6) is 0.650. The third kappa shape index (κ3) is 3.54. The fourth-order valence-corrected chi connectivity index (χ4v) is 5.38. The molecule has 1 saturated carbocycles. The van der Waals surface area contributed by atoms with Crippen molar-refractivity contribution in [2.45, 2.75) is 44.9 Å². The van der Waals surface area contributed by atoms with Crippen LogP contribution < -0.4 is 15.0 Å². The lowest BCUT2D eigenvalue weighted by Crippen LogP contribution is -2.42. The molecule has 1 fully saturated rings. The normalized spacial score (nSPS) is 19.5. The molecule has 1 aliphatic carbocycles. The van der Waals surface area contributed by atoms with E-state index in [1.165, 1.54) is 0 Å². The van der Waals surface area contributed by atoms with Crippen molar-refractivity contribution in [1.29, 1.82) is 0 Å². The molecule has 0 spiro atoms. The SMILES string of the molecule is C=CCN1C(=O)C(C)(C)COc2ccc(NC(=O)C3(c4cccs4)CCCC3)cc21. The van der Waals surface area contributed by atoms with Crippen molar-refractivity contribution < 1.29 is 14.3 Å². The maximum atomic E-state index is 13.4. The maximum absolute atomic E-state index is 13.4. The number of thiophene rings is 1. The highest BCUT2D eigenvalue weighted by atomic mass is 32.1. The van der Waals surface area contributed by atoms with E-state index in [2.05, 4.69) is 18.0 Å². The molecular weight excluding hydrogens is 396 g/mol. The van der Waals surface area contributed by atoms with Gasteiger partial charge in [-0.1, -0.05) is 25.0 Å². The summed E-state index contributed by atoms with van der Waals surface area (Å²) in [7, 11) is 0. The van der Waals surface area contributed by atoms with Gasteiger partial charge >= 0.3 is 0 Å². The van der Waals surface area contributed by atoms with Gasteiger partial charge in [0.2, 0.25) is 11.8 Å². The molecule has 0 bridgehead atoms. The molecule has 1 N–H and O–H groups in total. The zero-order chi connectivity index (χ0) is 21.4. The minimum atomic E-state index is -0.640. The molecule has 4 rings (SSSR count). The van der Waals surface area contributed by atoms with Gasteiger partial charge in [-0.2, -0.15) is 0 Å². The first-order valence-electron chi connectivity index (χ1n) is 10.4. The molecule has 2 aromatic rings. The van der Waals surface area contributed by atoms with Crippen molar-refractivity contribution in [2.75, 3.05) is 23.4 Å². The summed E-state index contributed by atoms with van der Waals surface area (Å²) in [4.78, 5) is 29.3. The van der Waals surface area contributed by atoms with Crippen LogP contribution in [0.2, 0.25) is 0 Å². The fourth-order valence-electron chi connectivity index (χ4n) is 4.40. The lowest BCUT2D eigenvalue weighted by molar-refractivity contribution is -0.127. The standard InChI is InChI=1S/C24H28N2O3S/c1-4-13-26-18-15-17(9-10-19(18)29-16-23(2,3)22(26)28)25-21(27)24(11-5-6-12-24)20-8-7-14-30-20/h4,7-10,14-15H,1,5-6,11-13,16H2,2-3H3,(H,25,27). The highest BCUT2D eigenvalue weighted by Crippen LogP contribution is 2.44. The molecule has 6 heteroatoms. The number of nitrogens with zero attached hydrogens (tertiary/aromatic N) is 1. The summed E-state index contributed by atoms with van der Waals surface area (Å²) in [6, 6.07) is 9.60. The van der Waals surface area contributed by atoms with Crippen LogP contribution in [0.5, 0.6) is 5.75 Å². The van der Waals surface area contributed by atoms with Crippen LogP contribution in [0, 0.1) is 5.41 Å². The number of ether oxygens (including phenoxy) is 1. The first-order chi connectivity index (χ1) is 14.4. The van der Waals surface area contributed by atoms with Crippen molar-refractivity contribution in [2.24, 2.45) is 5.41 Å². The second-order valence-corrected chi connectivity index (χ2v) is 9.73. The number of hydrogen-bond donors (Lipinski definition) is 1. The van der Waals surface area contributed by atoms with Crippen LogP contribution in [0.25, 0.3) is 0 Å². The van der Waals surface area contributed by atoms with Gasteiger partial charge in [0, 0.05) is 17.1 Å². The molecule has 1 aromatic carbocycles. The van der Waals surface area contributed by atoms with Gasteiger partial charge in [-0.05, 0) is 56.3 Å². The Labute approximate surface area is 181 Å². The summed E-state index contributed by atoms with van der Waals surface area (Å²) in [5, 5.41) is 5.16. The van der Waals surface area contributed by atoms with E-state index in [1.54, 1.807) is 22.3 Å². The van der Waals surface area contributed by atoms with E-state index in [4.69, 9.17) is 4.74 Å². The largest absolute Gasteiger partial charge is 0.490 e. The quantitative estimate of drug-likeness (QED) is 0.677. The van der Waals surface area contributed by atoms with Gasteiger partial charge in [0.05, 0.1) is 16.5 Å². The lowest BCUT2D eigenvalue weighted by atomic mass is 9.83. The van der Waals surface area contributed by atoms with Crippen LogP contribution in [0.1, 0.15) is 44.4 Å². The number of rotatable bonds is 5. The van der Waals surface area contributed by atoms with E-state index in [9.17, 15) is 9.59 Å². The Kier molecular flexibility index (Phi) is 5.45. The molecule has 158 valence electrons. The Bertz CT molecular complexity index is 959. The predicted octanol–water partition coefficient (Wildman–Crippen LogP) is 5.14. The molecule has 0 saturated heterocycles. The highest BCUT2D eigenvalue weighted by molar-refractivity contribution is 7.10. The molecule has 5 nitrogen and oxygen atoms in total. The third-order valence-corrected chi connectivity index (χ3v) is 7.19. The van der Waals surface area contributed by atoms with E-state index >= 15 is 0 Å². The number of anilines is 2. The van der Waals surface area contributed by atoms with E-state index in [1.807, 2.05) is 43.5 Å². The molecule has 2 amide bonds. The van der Waals surface area contributed by atoms with Gasteiger partial charge in [0.15, 0.2) is 0 Å². The van der Waals surface area contributed by atoms with Crippen molar-refractivity contribution in [3.63, 3.8) is 0 Å². The Morgan fingerprint density at radius 3 is 2.73 bits per heavy atom. The third-order valence-electron chi connectivity index (χ3n) is 6.12. The number of carbonyl (C=O) groups is 2. The van der Waals surface area contributed by atoms with Gasteiger partial charge in [0.25, 0.3) is 0 Å². The van der Waals surface area contributed by atoms with Crippen molar-refractivity contribution in [3.05, 3.63) is 53.2 Å². The molecule has 2 heterocycles. The van der Waals surface area contributed by atoms with Crippen molar-refractivity contribution >= 4 is 34.5 Å². The Morgan fingerprint density at radius 1 is 1.30 bits per heavy atom. The van der Waals surface area contributed by atoms with Crippen LogP contribution in [-0.2, 0) is 15.0 Å². The molecule has 0 atom stereocenters. The van der Waals surface area contributed by atoms with Gasteiger partial charge in [0.1, 0.15) is 12.4 Å². The molecule has 2 aliphatic rings. The summed E-state index contributed by atoms with van der Waals surface area (Å²) in [6.45, 7) is 8.25. The number of hydrogen-bond acceptors (Lipinski definition) is 4. The Hall–Kier alpha value is -2.60. The van der Waals surface area contributed by atoms with Crippen LogP contribution >= 0.6 is 11.3 Å². The Balaban J connectivity index is 1.66. The summed E-state index contributed by atoms with van der Waals surface area (Å²) in [5.41, 5.74) is 0.237. The van der Waals surface area contributed by atoms with E-state index in [-0.39, 0.29) is 11.8 Å². The van der Waals surface area contributed by atoms with E-state index in [0.29, 0.717) is 30.3 Å². The molecule has 1 aromatic heterocycles. The maximum Gasteiger partial charge on any atom is 0.236 e. The second kappa shape index (κ2) is 7.91. The number of fused-ring (bicyclic) bond motifs is 1. The van der Waals surface area contributed by atoms with Gasteiger partial charge in [-0.3, -0.25) is 9.59 Å². The predicted molar refractivity (Wildman–Crippen MR) is 121 cm³/mol. The first-order valence-corrected chi connectivity index (χ1v) is 11.3. The summed E-state index contributed by atoms with van der Waals surface area (Å²) >= 11 is 1.65. The minimum absolute atomic E-state index is 0.0181. The van der Waals surface area contributed by atoms with E-state index in [0.717, 1.165) is 30.6 Å². The number of amides is 2. The smallest absolute Gasteiger partial charge is 0.236 e. The van der Waals surface area contributed by atoms with Crippen LogP contribution in [-0.4, -0.2) is 25.0 Å². The number of benzene rings is 1. The number of nitrogens with one attached hydrogen (secondary N) is 1. The van der Waals surface area contributed by atoms with Gasteiger partial charge in [-0.25, -0.2) is 0 Å². The number of carbonyl (C=O) groups excluding carboxylic acids is 2. The molecule has 30 heavy (non-hydrogen) atoms. The monoisotopic (exact) mass is 424 g/mol. The molecule has 1 aliphatic heterocycles. The lowest BCUT2D eigenvalue weighted by Gasteiger charge is -2.28. The summed E-state index contributed by atoms with van der Waals surface area (Å²) in [6.07, 6.45) is 5.55. The second-order valence-electron chi connectivity index (χ2n) is 8.78. The first kappa shape index (κ1) is 20.7. The minimum Gasteiger partial charge on any atom is -0.490 e. The van der Waals surface area contributed by atoms with E-state index < -0.39 is 10.8 Å². The van der Waals surface area contributed by atoms with Crippen molar-refractivity contribution in [3.8, 4) is 5.75 Å². The summed E-state index contributed by atoms with van der Waals surface area (Å²) < 4.78 is 5.94.